The van der Waals surface area contributed by atoms with Gasteiger partial charge in [-0.15, -0.1) is 11.6 Å². The Bertz CT molecular complexity index is 495. The van der Waals surface area contributed by atoms with Crippen molar-refractivity contribution in [2.45, 2.75) is 38.5 Å². The molecule has 1 aromatic carbocycles. The van der Waals surface area contributed by atoms with Crippen molar-refractivity contribution in [3.8, 4) is 0 Å². The van der Waals surface area contributed by atoms with Crippen molar-refractivity contribution < 1.29 is 8.42 Å². The summed E-state index contributed by atoms with van der Waals surface area (Å²) in [6, 6.07) is 5.48. The van der Waals surface area contributed by atoms with Crippen molar-refractivity contribution >= 4 is 21.4 Å². The minimum absolute atomic E-state index is 0.203. The number of hydrogen-bond acceptors (Lipinski definition) is 2. The Hall–Kier alpha value is -0.540. The molecule has 102 valence electrons. The molecule has 0 fully saturated rings. The van der Waals surface area contributed by atoms with E-state index in [-0.39, 0.29) is 5.75 Å². The van der Waals surface area contributed by atoms with Gasteiger partial charge in [-0.25, -0.2) is 8.42 Å². The van der Waals surface area contributed by atoms with E-state index >= 15 is 0 Å². The van der Waals surface area contributed by atoms with E-state index in [1.165, 1.54) is 0 Å². The maximum atomic E-state index is 12.2. The number of sulfone groups is 1. The third-order valence-corrected chi connectivity index (χ3v) is 5.27. The molecule has 0 N–H and O–H groups in total. The first-order chi connectivity index (χ1) is 8.36. The minimum Gasteiger partial charge on any atom is -0.224 e. The normalized spacial score (nSPS) is 13.6. The van der Waals surface area contributed by atoms with E-state index in [0.717, 1.165) is 17.5 Å². The second kappa shape index (κ2) is 6.58. The van der Waals surface area contributed by atoms with Gasteiger partial charge in [-0.3, -0.25) is 0 Å². The molecule has 18 heavy (non-hydrogen) atoms. The smallest absolute Gasteiger partial charge is 0.178 e. The van der Waals surface area contributed by atoms with Crippen LogP contribution in [0.5, 0.6) is 0 Å². The van der Waals surface area contributed by atoms with Crippen molar-refractivity contribution in [3.05, 3.63) is 29.3 Å². The third kappa shape index (κ3) is 4.29. The van der Waals surface area contributed by atoms with Gasteiger partial charge in [0.1, 0.15) is 0 Å². The second-order valence-electron chi connectivity index (χ2n) is 4.96. The molecule has 0 heterocycles. The summed E-state index contributed by atoms with van der Waals surface area (Å²) in [5.74, 6) is 1.14. The van der Waals surface area contributed by atoms with E-state index in [2.05, 4.69) is 0 Å². The zero-order chi connectivity index (χ0) is 13.8. The Balaban J connectivity index is 2.80. The SMILES string of the molecule is Cc1ccc(S(=O)(=O)CCC(C)CCCl)c(C)c1. The topological polar surface area (TPSA) is 34.1 Å². The van der Waals surface area contributed by atoms with Crippen LogP contribution in [-0.4, -0.2) is 20.1 Å². The van der Waals surface area contributed by atoms with Crippen LogP contribution in [0.4, 0.5) is 0 Å². The van der Waals surface area contributed by atoms with Gasteiger partial charge in [0, 0.05) is 5.88 Å². The van der Waals surface area contributed by atoms with Gasteiger partial charge in [0.05, 0.1) is 10.6 Å². The standard InChI is InChI=1S/C14H21ClO2S/c1-11(6-8-15)7-9-18(16,17)14-5-4-12(2)10-13(14)3/h4-5,10-11H,6-9H2,1-3H3. The second-order valence-corrected chi connectivity index (χ2v) is 7.41. The fourth-order valence-electron chi connectivity index (χ4n) is 1.95. The lowest BCUT2D eigenvalue weighted by Gasteiger charge is -2.11. The van der Waals surface area contributed by atoms with E-state index in [0.29, 0.717) is 23.1 Å². The molecule has 1 rings (SSSR count). The molecule has 0 aliphatic rings. The van der Waals surface area contributed by atoms with Gasteiger partial charge in [-0.05, 0) is 44.2 Å². The Morgan fingerprint density at radius 3 is 2.44 bits per heavy atom. The lowest BCUT2D eigenvalue weighted by molar-refractivity contribution is 0.534. The fourth-order valence-corrected chi connectivity index (χ4v) is 4.08. The molecule has 1 unspecified atom stereocenters. The predicted octanol–water partition coefficient (Wildman–Crippen LogP) is 3.73. The first-order valence-electron chi connectivity index (χ1n) is 6.23. The molecule has 2 nitrogen and oxygen atoms in total. The van der Waals surface area contributed by atoms with Crippen molar-refractivity contribution in [2.75, 3.05) is 11.6 Å². The van der Waals surface area contributed by atoms with Crippen LogP contribution in [0, 0.1) is 19.8 Å². The predicted molar refractivity (Wildman–Crippen MR) is 77.1 cm³/mol. The highest BCUT2D eigenvalue weighted by molar-refractivity contribution is 7.91. The van der Waals surface area contributed by atoms with Crippen LogP contribution in [-0.2, 0) is 9.84 Å². The molecular weight excluding hydrogens is 268 g/mol. The van der Waals surface area contributed by atoms with Crippen LogP contribution >= 0.6 is 11.6 Å². The monoisotopic (exact) mass is 288 g/mol. The third-order valence-electron chi connectivity index (χ3n) is 3.15. The average Bonchev–Trinajstić information content (AvgIpc) is 2.26. The maximum absolute atomic E-state index is 12.2. The number of benzene rings is 1. The average molecular weight is 289 g/mol. The lowest BCUT2D eigenvalue weighted by Crippen LogP contribution is -2.12. The van der Waals surface area contributed by atoms with Crippen molar-refractivity contribution in [2.24, 2.45) is 5.92 Å². The highest BCUT2D eigenvalue weighted by Crippen LogP contribution is 2.20. The highest BCUT2D eigenvalue weighted by Gasteiger charge is 2.18. The molecule has 0 aliphatic heterocycles. The largest absolute Gasteiger partial charge is 0.224 e. The first kappa shape index (κ1) is 15.5. The Kier molecular flexibility index (Phi) is 5.67. The van der Waals surface area contributed by atoms with Crippen LogP contribution in [0.1, 0.15) is 30.9 Å². The molecular formula is C14H21ClO2S. The molecule has 0 radical (unpaired) electrons. The maximum Gasteiger partial charge on any atom is 0.178 e. The van der Waals surface area contributed by atoms with Gasteiger partial charge in [-0.1, -0.05) is 24.6 Å². The number of halogens is 1. The molecule has 1 atom stereocenters. The van der Waals surface area contributed by atoms with Crippen LogP contribution in [0.15, 0.2) is 23.1 Å². The highest BCUT2D eigenvalue weighted by atomic mass is 35.5. The molecule has 1 aromatic rings. The summed E-state index contributed by atoms with van der Waals surface area (Å²) in [6.45, 7) is 5.86. The zero-order valence-electron chi connectivity index (χ0n) is 11.2. The quantitative estimate of drug-likeness (QED) is 0.748. The summed E-state index contributed by atoms with van der Waals surface area (Å²) in [4.78, 5) is 0.464. The molecule has 0 saturated heterocycles. The van der Waals surface area contributed by atoms with Crippen LogP contribution in [0.2, 0.25) is 0 Å². The Morgan fingerprint density at radius 2 is 1.89 bits per heavy atom. The molecule has 0 saturated carbocycles. The van der Waals surface area contributed by atoms with Crippen LogP contribution in [0.25, 0.3) is 0 Å². The number of rotatable bonds is 6. The Morgan fingerprint density at radius 1 is 1.22 bits per heavy atom. The lowest BCUT2D eigenvalue weighted by atomic mass is 10.1. The van der Waals surface area contributed by atoms with E-state index in [9.17, 15) is 8.42 Å². The van der Waals surface area contributed by atoms with Gasteiger partial charge in [0.2, 0.25) is 0 Å². The number of alkyl halides is 1. The fraction of sp³-hybridized carbons (Fsp3) is 0.571. The van der Waals surface area contributed by atoms with Crippen molar-refractivity contribution in [3.63, 3.8) is 0 Å². The first-order valence-corrected chi connectivity index (χ1v) is 8.41. The number of aryl methyl sites for hydroxylation is 2. The van der Waals surface area contributed by atoms with Gasteiger partial charge >= 0.3 is 0 Å². The van der Waals surface area contributed by atoms with E-state index in [4.69, 9.17) is 11.6 Å². The van der Waals surface area contributed by atoms with Crippen molar-refractivity contribution in [1.82, 2.24) is 0 Å². The molecule has 0 aromatic heterocycles. The molecule has 0 spiro atoms. The number of hydrogen-bond donors (Lipinski definition) is 0. The molecule has 0 aliphatic carbocycles. The van der Waals surface area contributed by atoms with E-state index in [1.54, 1.807) is 6.07 Å². The van der Waals surface area contributed by atoms with E-state index in [1.807, 2.05) is 32.9 Å². The van der Waals surface area contributed by atoms with Crippen molar-refractivity contribution in [1.29, 1.82) is 0 Å². The van der Waals surface area contributed by atoms with Gasteiger partial charge in [-0.2, -0.15) is 0 Å². The summed E-state index contributed by atoms with van der Waals surface area (Å²) >= 11 is 5.66. The van der Waals surface area contributed by atoms with Gasteiger partial charge in [0.15, 0.2) is 9.84 Å². The molecule has 4 heteroatoms. The Labute approximate surface area is 115 Å². The molecule has 0 amide bonds. The molecule has 0 bridgehead atoms. The summed E-state index contributed by atoms with van der Waals surface area (Å²) in [5, 5.41) is 0. The zero-order valence-corrected chi connectivity index (χ0v) is 12.8. The van der Waals surface area contributed by atoms with Gasteiger partial charge < -0.3 is 0 Å². The summed E-state index contributed by atoms with van der Waals surface area (Å²) in [6.07, 6.45) is 1.53. The van der Waals surface area contributed by atoms with Gasteiger partial charge in [0.25, 0.3) is 0 Å². The van der Waals surface area contributed by atoms with Crippen LogP contribution < -0.4 is 0 Å². The summed E-state index contributed by atoms with van der Waals surface area (Å²) < 4.78 is 24.5. The van der Waals surface area contributed by atoms with Crippen LogP contribution in [0.3, 0.4) is 0 Å². The summed E-state index contributed by atoms with van der Waals surface area (Å²) in [7, 11) is -3.16. The minimum atomic E-state index is -3.16. The van der Waals surface area contributed by atoms with E-state index < -0.39 is 9.84 Å². The summed E-state index contributed by atoms with van der Waals surface area (Å²) in [5.41, 5.74) is 1.92.